The summed E-state index contributed by atoms with van der Waals surface area (Å²) in [7, 11) is 0. The van der Waals surface area contributed by atoms with Gasteiger partial charge in [0.25, 0.3) is 0 Å². The molecule has 0 heterocycles. The van der Waals surface area contributed by atoms with Crippen LogP contribution in [0.4, 0.5) is 14.9 Å². The Bertz CT molecular complexity index is 380. The molecule has 0 aliphatic carbocycles. The fourth-order valence-corrected chi connectivity index (χ4v) is 1.63. The first-order chi connectivity index (χ1) is 8.55. The number of benzene rings is 1. The van der Waals surface area contributed by atoms with Gasteiger partial charge in [-0.3, -0.25) is 0 Å². The van der Waals surface area contributed by atoms with Gasteiger partial charge in [0, 0.05) is 5.69 Å². The first-order valence-electron chi connectivity index (χ1n) is 6.01. The average molecular weight is 254 g/mol. The normalized spacial score (nSPS) is 11.1. The van der Waals surface area contributed by atoms with Crippen molar-refractivity contribution in [2.45, 2.75) is 32.2 Å². The number of rotatable bonds is 5. The number of aliphatic hydroxyl groups excluding tert-OH is 1. The largest absolute Gasteiger partial charge is 0.394 e. The van der Waals surface area contributed by atoms with Crippen LogP contribution in [0.15, 0.2) is 24.3 Å². The van der Waals surface area contributed by atoms with E-state index in [9.17, 15) is 14.3 Å². The molecule has 0 bridgehead atoms. The van der Waals surface area contributed by atoms with Gasteiger partial charge < -0.3 is 15.7 Å². The van der Waals surface area contributed by atoms with Crippen molar-refractivity contribution in [3.05, 3.63) is 30.1 Å². The molecule has 0 atom stereocenters. The lowest BCUT2D eigenvalue weighted by Crippen LogP contribution is -2.51. The Labute approximate surface area is 106 Å². The summed E-state index contributed by atoms with van der Waals surface area (Å²) >= 11 is 0. The van der Waals surface area contributed by atoms with Gasteiger partial charge in [-0.2, -0.15) is 0 Å². The van der Waals surface area contributed by atoms with Crippen LogP contribution >= 0.6 is 0 Å². The summed E-state index contributed by atoms with van der Waals surface area (Å²) in [6, 6.07) is 5.10. The van der Waals surface area contributed by atoms with Crippen LogP contribution < -0.4 is 10.6 Å². The second-order valence-corrected chi connectivity index (χ2v) is 4.23. The van der Waals surface area contributed by atoms with Crippen LogP contribution in [0.1, 0.15) is 26.7 Å². The first-order valence-corrected chi connectivity index (χ1v) is 6.01. The molecule has 0 unspecified atom stereocenters. The second-order valence-electron chi connectivity index (χ2n) is 4.23. The first kappa shape index (κ1) is 14.4. The molecule has 1 rings (SSSR count). The molecular weight excluding hydrogens is 235 g/mol. The summed E-state index contributed by atoms with van der Waals surface area (Å²) in [5.41, 5.74) is -0.0997. The Morgan fingerprint density at radius 3 is 2.28 bits per heavy atom. The van der Waals surface area contributed by atoms with Gasteiger partial charge in [0.15, 0.2) is 0 Å². The number of carbonyl (C=O) groups is 1. The van der Waals surface area contributed by atoms with Gasteiger partial charge in [-0.1, -0.05) is 13.8 Å². The quantitative estimate of drug-likeness (QED) is 0.756. The van der Waals surface area contributed by atoms with Gasteiger partial charge in [0.1, 0.15) is 5.82 Å². The van der Waals surface area contributed by atoms with Crippen LogP contribution in [0.3, 0.4) is 0 Å². The molecule has 1 aromatic carbocycles. The zero-order chi connectivity index (χ0) is 13.6. The molecule has 1 aromatic rings. The number of halogens is 1. The van der Waals surface area contributed by atoms with Crippen LogP contribution in [0.5, 0.6) is 0 Å². The maximum absolute atomic E-state index is 12.7. The summed E-state index contributed by atoms with van der Waals surface area (Å²) in [5.74, 6) is -0.354. The van der Waals surface area contributed by atoms with E-state index in [1.807, 2.05) is 13.8 Å². The minimum Gasteiger partial charge on any atom is -0.394 e. The number of carbonyl (C=O) groups excluding carboxylic acids is 1. The molecular formula is C13H19FN2O2. The minimum absolute atomic E-state index is 0.114. The third kappa shape index (κ3) is 3.70. The number of hydrogen-bond acceptors (Lipinski definition) is 2. The second kappa shape index (κ2) is 6.35. The lowest BCUT2D eigenvalue weighted by Gasteiger charge is -2.30. The van der Waals surface area contributed by atoms with Crippen LogP contribution in [0.25, 0.3) is 0 Å². The molecule has 0 aliphatic heterocycles. The molecule has 0 aromatic heterocycles. The van der Waals surface area contributed by atoms with E-state index in [1.165, 1.54) is 24.3 Å². The molecule has 100 valence electrons. The predicted molar refractivity (Wildman–Crippen MR) is 69.0 cm³/mol. The molecule has 0 fully saturated rings. The fraction of sp³-hybridized carbons (Fsp3) is 0.462. The van der Waals surface area contributed by atoms with Gasteiger partial charge >= 0.3 is 6.03 Å². The van der Waals surface area contributed by atoms with Crippen LogP contribution in [0, 0.1) is 5.82 Å². The Morgan fingerprint density at radius 1 is 1.28 bits per heavy atom. The number of urea groups is 1. The maximum atomic E-state index is 12.7. The Balaban J connectivity index is 2.63. The zero-order valence-electron chi connectivity index (χ0n) is 10.7. The van der Waals surface area contributed by atoms with Crippen molar-refractivity contribution in [2.75, 3.05) is 11.9 Å². The molecule has 0 saturated heterocycles. The number of hydrogen-bond donors (Lipinski definition) is 3. The standard InChI is InChI=1S/C13H19FN2O2/c1-3-13(4-2,9-17)16-12(18)15-11-7-5-10(14)6-8-11/h5-8,17H,3-4,9H2,1-2H3,(H2,15,16,18). The summed E-state index contributed by atoms with van der Waals surface area (Å²) in [4.78, 5) is 11.8. The van der Waals surface area contributed by atoms with Gasteiger partial charge in [0.05, 0.1) is 12.1 Å². The Morgan fingerprint density at radius 2 is 1.83 bits per heavy atom. The average Bonchev–Trinajstić information content (AvgIpc) is 2.39. The van der Waals surface area contributed by atoms with E-state index >= 15 is 0 Å². The van der Waals surface area contributed by atoms with Crippen molar-refractivity contribution in [2.24, 2.45) is 0 Å². The Kier molecular flexibility index (Phi) is 5.09. The highest BCUT2D eigenvalue weighted by Gasteiger charge is 2.27. The highest BCUT2D eigenvalue weighted by Crippen LogP contribution is 2.15. The smallest absolute Gasteiger partial charge is 0.319 e. The lowest BCUT2D eigenvalue weighted by atomic mass is 9.94. The summed E-state index contributed by atoms with van der Waals surface area (Å²) in [5, 5.41) is 14.7. The van der Waals surface area contributed by atoms with Gasteiger partial charge in [-0.05, 0) is 37.1 Å². The topological polar surface area (TPSA) is 61.4 Å². The summed E-state index contributed by atoms with van der Waals surface area (Å²) < 4.78 is 12.7. The monoisotopic (exact) mass is 254 g/mol. The van der Waals surface area contributed by atoms with E-state index in [2.05, 4.69) is 10.6 Å². The van der Waals surface area contributed by atoms with Crippen molar-refractivity contribution < 1.29 is 14.3 Å². The van der Waals surface area contributed by atoms with Crippen LogP contribution in [-0.2, 0) is 0 Å². The molecule has 2 amide bonds. The summed E-state index contributed by atoms with van der Waals surface area (Å²) in [6.45, 7) is 3.69. The lowest BCUT2D eigenvalue weighted by molar-refractivity contribution is 0.155. The highest BCUT2D eigenvalue weighted by molar-refractivity contribution is 5.89. The van der Waals surface area contributed by atoms with Gasteiger partial charge in [-0.15, -0.1) is 0 Å². The maximum Gasteiger partial charge on any atom is 0.319 e. The number of aliphatic hydroxyl groups is 1. The van der Waals surface area contributed by atoms with Gasteiger partial charge in [0.2, 0.25) is 0 Å². The number of anilines is 1. The molecule has 4 nitrogen and oxygen atoms in total. The van der Waals surface area contributed by atoms with E-state index in [0.29, 0.717) is 18.5 Å². The van der Waals surface area contributed by atoms with Gasteiger partial charge in [-0.25, -0.2) is 9.18 Å². The van der Waals surface area contributed by atoms with E-state index in [0.717, 1.165) is 0 Å². The van der Waals surface area contributed by atoms with E-state index in [4.69, 9.17) is 0 Å². The molecule has 0 spiro atoms. The van der Waals surface area contributed by atoms with Crippen LogP contribution in [0.2, 0.25) is 0 Å². The highest BCUT2D eigenvalue weighted by atomic mass is 19.1. The van der Waals surface area contributed by atoms with Crippen molar-refractivity contribution in [3.8, 4) is 0 Å². The van der Waals surface area contributed by atoms with Crippen molar-refractivity contribution >= 4 is 11.7 Å². The third-order valence-electron chi connectivity index (χ3n) is 3.14. The minimum atomic E-state index is -0.607. The van der Waals surface area contributed by atoms with E-state index in [1.54, 1.807) is 0 Å². The molecule has 0 saturated carbocycles. The van der Waals surface area contributed by atoms with Crippen molar-refractivity contribution in [3.63, 3.8) is 0 Å². The molecule has 5 heteroatoms. The van der Waals surface area contributed by atoms with E-state index < -0.39 is 11.6 Å². The van der Waals surface area contributed by atoms with E-state index in [-0.39, 0.29) is 12.4 Å². The molecule has 18 heavy (non-hydrogen) atoms. The Hall–Kier alpha value is -1.62. The third-order valence-corrected chi connectivity index (χ3v) is 3.14. The predicted octanol–water partition coefficient (Wildman–Crippen LogP) is 2.50. The molecule has 0 radical (unpaired) electrons. The van der Waals surface area contributed by atoms with Crippen molar-refractivity contribution in [1.29, 1.82) is 0 Å². The SMILES string of the molecule is CCC(CC)(CO)NC(=O)Nc1ccc(F)cc1. The molecule has 3 N–H and O–H groups in total. The number of amides is 2. The molecule has 0 aliphatic rings. The van der Waals surface area contributed by atoms with Crippen LogP contribution in [-0.4, -0.2) is 23.3 Å². The fourth-order valence-electron chi connectivity index (χ4n) is 1.63. The van der Waals surface area contributed by atoms with Crippen molar-refractivity contribution in [1.82, 2.24) is 5.32 Å². The number of nitrogens with one attached hydrogen (secondary N) is 2. The summed E-state index contributed by atoms with van der Waals surface area (Å²) in [6.07, 6.45) is 1.27. The zero-order valence-corrected chi connectivity index (χ0v) is 10.7.